The number of halogens is 7. The normalized spacial score (nSPS) is 26.0. The van der Waals surface area contributed by atoms with Crippen LogP contribution in [-0.4, -0.2) is 54.7 Å². The first kappa shape index (κ1) is 31.3. The first-order valence-electron chi connectivity index (χ1n) is 15.0. The number of piperidine rings is 2. The third-order valence-electron chi connectivity index (χ3n) is 9.40. The van der Waals surface area contributed by atoms with Crippen LogP contribution in [0.5, 0.6) is 0 Å². The van der Waals surface area contributed by atoms with Gasteiger partial charge in [-0.2, -0.15) is 26.3 Å². The molecule has 2 heterocycles. The molecule has 0 radical (unpaired) electrons. The highest BCUT2D eigenvalue weighted by Crippen LogP contribution is 2.45. The van der Waals surface area contributed by atoms with Crippen LogP contribution < -0.4 is 0 Å². The molecule has 1 saturated carbocycles. The Kier molecular flexibility index (Phi) is 9.54. The fourth-order valence-electron chi connectivity index (χ4n) is 7.21. The van der Waals surface area contributed by atoms with E-state index in [1.165, 1.54) is 51.4 Å². The van der Waals surface area contributed by atoms with Gasteiger partial charge < -0.3 is 14.5 Å². The van der Waals surface area contributed by atoms with E-state index in [4.69, 9.17) is 4.74 Å². The van der Waals surface area contributed by atoms with E-state index >= 15 is 0 Å². The molecule has 3 nitrogen and oxygen atoms in total. The third-order valence-corrected chi connectivity index (χ3v) is 9.40. The minimum Gasteiger partial charge on any atom is -0.370 e. The molecule has 3 unspecified atom stereocenters. The summed E-state index contributed by atoms with van der Waals surface area (Å²) in [5, 5.41) is 0. The van der Waals surface area contributed by atoms with Crippen molar-refractivity contribution < 1.29 is 35.5 Å². The quantitative estimate of drug-likeness (QED) is 0.297. The van der Waals surface area contributed by atoms with E-state index in [9.17, 15) is 30.7 Å². The molecule has 3 fully saturated rings. The van der Waals surface area contributed by atoms with Crippen LogP contribution in [0.2, 0.25) is 0 Å². The highest BCUT2D eigenvalue weighted by molar-refractivity contribution is 5.35. The van der Waals surface area contributed by atoms with Crippen LogP contribution in [0.4, 0.5) is 30.7 Å². The number of alkyl halides is 6. The summed E-state index contributed by atoms with van der Waals surface area (Å²) in [4.78, 5) is 5.09. The van der Waals surface area contributed by atoms with Crippen molar-refractivity contribution in [3.05, 3.63) is 70.5 Å². The summed E-state index contributed by atoms with van der Waals surface area (Å²) in [6, 6.07) is 8.44. The van der Waals surface area contributed by atoms with Gasteiger partial charge in [0.05, 0.1) is 23.3 Å². The molecular weight excluding hydrogens is 561 g/mol. The zero-order valence-electron chi connectivity index (χ0n) is 23.9. The average molecular weight is 601 g/mol. The molecule has 1 aliphatic carbocycles. The molecule has 0 spiro atoms. The molecule has 2 saturated heterocycles. The van der Waals surface area contributed by atoms with Gasteiger partial charge in [-0.15, -0.1) is 0 Å². The number of benzene rings is 2. The fraction of sp³-hybridized carbons (Fsp3) is 0.625. The Morgan fingerprint density at radius 2 is 1.38 bits per heavy atom. The Hall–Kier alpha value is -2.17. The minimum absolute atomic E-state index is 0.137. The summed E-state index contributed by atoms with van der Waals surface area (Å²) in [6.45, 7) is 6.64. The van der Waals surface area contributed by atoms with Crippen LogP contribution in [0.3, 0.4) is 0 Å². The van der Waals surface area contributed by atoms with Gasteiger partial charge in [-0.1, -0.05) is 18.6 Å². The molecule has 0 N–H and O–H groups in total. The number of nitrogens with zero attached hydrogens (tertiary/aromatic N) is 2. The minimum atomic E-state index is -4.92. The van der Waals surface area contributed by atoms with Crippen molar-refractivity contribution >= 4 is 0 Å². The van der Waals surface area contributed by atoms with Gasteiger partial charge in [0, 0.05) is 18.5 Å². The van der Waals surface area contributed by atoms with Gasteiger partial charge in [0.2, 0.25) is 0 Å². The predicted octanol–water partition coefficient (Wildman–Crippen LogP) is 8.45. The van der Waals surface area contributed by atoms with Gasteiger partial charge in [-0.05, 0) is 119 Å². The Bertz CT molecular complexity index is 1140. The van der Waals surface area contributed by atoms with Crippen molar-refractivity contribution in [1.82, 2.24) is 9.80 Å². The van der Waals surface area contributed by atoms with Gasteiger partial charge in [0.15, 0.2) is 0 Å². The predicted molar refractivity (Wildman–Crippen MR) is 146 cm³/mol. The lowest BCUT2D eigenvalue weighted by atomic mass is 9.86. The number of hydrogen-bond acceptors (Lipinski definition) is 3. The summed E-state index contributed by atoms with van der Waals surface area (Å²) in [7, 11) is 0. The molecule has 0 bridgehead atoms. The van der Waals surface area contributed by atoms with Gasteiger partial charge in [0.1, 0.15) is 5.82 Å². The van der Waals surface area contributed by atoms with Crippen molar-refractivity contribution in [1.29, 1.82) is 0 Å². The van der Waals surface area contributed by atoms with Crippen LogP contribution in [0.1, 0.15) is 86.1 Å². The lowest BCUT2D eigenvalue weighted by molar-refractivity contribution is -0.143. The average Bonchev–Trinajstić information content (AvgIpc) is 3.34. The van der Waals surface area contributed by atoms with Crippen LogP contribution in [0, 0.1) is 11.7 Å². The maximum atomic E-state index is 13.8. The first-order valence-corrected chi connectivity index (χ1v) is 15.0. The number of likely N-dealkylation sites (tertiary alicyclic amines) is 2. The van der Waals surface area contributed by atoms with Crippen LogP contribution >= 0.6 is 0 Å². The van der Waals surface area contributed by atoms with Crippen LogP contribution in [-0.2, 0) is 17.1 Å². The van der Waals surface area contributed by atoms with Crippen LogP contribution in [0.15, 0.2) is 42.5 Å². The van der Waals surface area contributed by atoms with E-state index in [2.05, 4.69) is 9.80 Å². The Morgan fingerprint density at radius 1 is 0.786 bits per heavy atom. The molecule has 0 aromatic heterocycles. The molecule has 2 aromatic carbocycles. The van der Waals surface area contributed by atoms with E-state index < -0.39 is 35.7 Å². The summed E-state index contributed by atoms with van der Waals surface area (Å²) in [5.41, 5.74) is -2.00. The second kappa shape index (κ2) is 12.8. The molecule has 4 atom stereocenters. The van der Waals surface area contributed by atoms with Crippen molar-refractivity contribution in [2.24, 2.45) is 5.92 Å². The third kappa shape index (κ3) is 7.48. The van der Waals surface area contributed by atoms with E-state index in [1.54, 1.807) is 12.1 Å². The topological polar surface area (TPSA) is 15.7 Å². The van der Waals surface area contributed by atoms with Gasteiger partial charge in [0.25, 0.3) is 0 Å². The van der Waals surface area contributed by atoms with Crippen LogP contribution in [0.25, 0.3) is 0 Å². The summed E-state index contributed by atoms with van der Waals surface area (Å²) >= 11 is 0. The zero-order chi connectivity index (χ0) is 30.1. The SMILES string of the molecule is C[C@@H](OC1CCC(CN2CCC(N3CCCCC3)CC2)C1c1ccc(F)cc1)c1cc(C(F)(F)F)cc(C(F)(F)F)c1. The molecular formula is C32H39F7N2O. The van der Waals surface area contributed by atoms with Gasteiger partial charge >= 0.3 is 12.4 Å². The Balaban J connectivity index is 1.31. The van der Waals surface area contributed by atoms with E-state index in [1.807, 2.05) is 0 Å². The lowest BCUT2D eigenvalue weighted by Gasteiger charge is -2.41. The largest absolute Gasteiger partial charge is 0.416 e. The monoisotopic (exact) mass is 600 g/mol. The maximum Gasteiger partial charge on any atom is 0.416 e. The molecule has 2 aromatic rings. The lowest BCUT2D eigenvalue weighted by Crippen LogP contribution is -2.47. The molecule has 10 heteroatoms. The molecule has 2 aliphatic heterocycles. The van der Waals surface area contributed by atoms with Gasteiger partial charge in [-0.3, -0.25) is 0 Å². The zero-order valence-corrected chi connectivity index (χ0v) is 23.9. The second-order valence-corrected chi connectivity index (χ2v) is 12.2. The smallest absolute Gasteiger partial charge is 0.370 e. The maximum absolute atomic E-state index is 13.8. The Morgan fingerprint density at radius 3 is 1.95 bits per heavy atom. The Labute approximate surface area is 243 Å². The number of ether oxygens (including phenoxy) is 1. The molecule has 232 valence electrons. The van der Waals surface area contributed by atoms with Gasteiger partial charge in [-0.25, -0.2) is 4.39 Å². The fourth-order valence-corrected chi connectivity index (χ4v) is 7.21. The van der Waals surface area contributed by atoms with Crippen molar-refractivity contribution in [2.75, 3.05) is 32.7 Å². The summed E-state index contributed by atoms with van der Waals surface area (Å²) in [6.07, 6.45) is -3.79. The summed E-state index contributed by atoms with van der Waals surface area (Å²) in [5.74, 6) is -0.352. The van der Waals surface area contributed by atoms with E-state index in [0.29, 0.717) is 12.5 Å². The molecule has 42 heavy (non-hydrogen) atoms. The molecule has 3 aliphatic rings. The highest BCUT2D eigenvalue weighted by atomic mass is 19.4. The molecule has 0 amide bonds. The highest BCUT2D eigenvalue weighted by Gasteiger charge is 2.41. The van der Waals surface area contributed by atoms with Crippen molar-refractivity contribution in [3.63, 3.8) is 0 Å². The van der Waals surface area contributed by atoms with E-state index in [-0.39, 0.29) is 29.3 Å². The van der Waals surface area contributed by atoms with Crippen molar-refractivity contribution in [2.45, 2.75) is 88.4 Å². The van der Waals surface area contributed by atoms with Crippen molar-refractivity contribution in [3.8, 4) is 0 Å². The number of hydrogen-bond donors (Lipinski definition) is 0. The first-order chi connectivity index (χ1) is 19.9. The number of rotatable bonds is 7. The summed E-state index contributed by atoms with van der Waals surface area (Å²) < 4.78 is 101. The molecule has 5 rings (SSSR count). The van der Waals surface area contributed by atoms with E-state index in [0.717, 1.165) is 56.6 Å². The second-order valence-electron chi connectivity index (χ2n) is 12.2. The standard InChI is InChI=1S/C32H39F7N2O/c1-21(24-17-25(31(34,35)36)19-26(18-24)32(37,38)39)42-29-10-7-23(30(29)22-5-8-27(33)9-6-22)20-40-15-11-28(12-16-40)41-13-3-2-4-14-41/h5-6,8-9,17-19,21,23,28-30H,2-4,7,10-16,20H2,1H3/t21-,23?,29?,30?/m1/s1.